The standard InChI is InChI=1S/C24H29N5O3/c1-14(16-11-12-16)29-22(26)20(23(27)30)21(25)17-9-7-15(8-10-17)13-28-24(31)18-5-3-4-6-19(18)32-2/h3-10,14,16H,11-13,25H2,1-2H3,(H2,26,29)(H2,27,30)(H,28,31). The first kappa shape index (κ1) is 22.9. The Morgan fingerprint density at radius 2 is 1.75 bits per heavy atom. The van der Waals surface area contributed by atoms with Crippen molar-refractivity contribution >= 4 is 23.3 Å². The summed E-state index contributed by atoms with van der Waals surface area (Å²) in [5, 5.41) is 2.86. The number of aliphatic imine (C=N–C) groups is 1. The van der Waals surface area contributed by atoms with E-state index in [9.17, 15) is 9.59 Å². The predicted molar refractivity (Wildman–Crippen MR) is 125 cm³/mol. The lowest BCUT2D eigenvalue weighted by Crippen LogP contribution is -2.30. The summed E-state index contributed by atoms with van der Waals surface area (Å²) < 4.78 is 5.22. The number of amides is 2. The summed E-state index contributed by atoms with van der Waals surface area (Å²) in [5.74, 6) is 0.0971. The molecule has 0 aliphatic heterocycles. The monoisotopic (exact) mass is 435 g/mol. The molecule has 0 spiro atoms. The third-order valence-corrected chi connectivity index (χ3v) is 5.49. The van der Waals surface area contributed by atoms with Gasteiger partial charge in [0.25, 0.3) is 11.8 Å². The molecule has 3 rings (SSSR count). The lowest BCUT2D eigenvalue weighted by Gasteiger charge is -2.12. The van der Waals surface area contributed by atoms with Gasteiger partial charge in [-0.15, -0.1) is 0 Å². The van der Waals surface area contributed by atoms with Gasteiger partial charge >= 0.3 is 0 Å². The van der Waals surface area contributed by atoms with Crippen LogP contribution in [0.25, 0.3) is 5.70 Å². The number of nitrogens with two attached hydrogens (primary N) is 3. The Kier molecular flexibility index (Phi) is 7.14. The lowest BCUT2D eigenvalue weighted by molar-refractivity contribution is -0.114. The van der Waals surface area contributed by atoms with Gasteiger partial charge in [0.05, 0.1) is 24.4 Å². The van der Waals surface area contributed by atoms with Crippen molar-refractivity contribution in [2.24, 2.45) is 28.1 Å². The molecule has 0 heterocycles. The van der Waals surface area contributed by atoms with Crippen LogP contribution in [0.4, 0.5) is 0 Å². The van der Waals surface area contributed by atoms with Gasteiger partial charge in [-0.2, -0.15) is 0 Å². The molecule has 2 amide bonds. The summed E-state index contributed by atoms with van der Waals surface area (Å²) in [6, 6.07) is 14.1. The van der Waals surface area contributed by atoms with Gasteiger partial charge in [0.1, 0.15) is 17.2 Å². The number of hydrogen-bond donors (Lipinski definition) is 4. The minimum atomic E-state index is -0.722. The summed E-state index contributed by atoms with van der Waals surface area (Å²) in [6.45, 7) is 2.28. The third kappa shape index (κ3) is 5.46. The topological polar surface area (TPSA) is 146 Å². The van der Waals surface area contributed by atoms with E-state index in [0.717, 1.165) is 18.4 Å². The number of benzene rings is 2. The van der Waals surface area contributed by atoms with Crippen LogP contribution in [0.5, 0.6) is 5.75 Å². The smallest absolute Gasteiger partial charge is 0.255 e. The summed E-state index contributed by atoms with van der Waals surface area (Å²) in [4.78, 5) is 28.9. The van der Waals surface area contributed by atoms with E-state index in [2.05, 4.69) is 10.3 Å². The zero-order valence-corrected chi connectivity index (χ0v) is 18.3. The van der Waals surface area contributed by atoms with Crippen LogP contribution in [0, 0.1) is 5.92 Å². The van der Waals surface area contributed by atoms with Gasteiger partial charge in [-0.1, -0.05) is 36.4 Å². The van der Waals surface area contributed by atoms with Crippen molar-refractivity contribution < 1.29 is 14.3 Å². The first-order chi connectivity index (χ1) is 15.3. The van der Waals surface area contributed by atoms with E-state index in [1.54, 1.807) is 36.4 Å². The molecule has 1 aliphatic rings. The normalized spacial score (nSPS) is 15.5. The van der Waals surface area contributed by atoms with Crippen molar-refractivity contribution in [2.75, 3.05) is 7.11 Å². The van der Waals surface area contributed by atoms with E-state index in [1.807, 2.05) is 19.1 Å². The van der Waals surface area contributed by atoms with Gasteiger partial charge < -0.3 is 27.3 Å². The number of carbonyl (C=O) groups excluding carboxylic acids is 2. The number of ether oxygens (including phenoxy) is 1. The van der Waals surface area contributed by atoms with Crippen LogP contribution in [-0.4, -0.2) is 30.8 Å². The minimum absolute atomic E-state index is 0.0198. The molecule has 0 bridgehead atoms. The number of rotatable bonds is 9. The van der Waals surface area contributed by atoms with E-state index >= 15 is 0 Å². The van der Waals surface area contributed by atoms with Gasteiger partial charge in [0, 0.05) is 6.54 Å². The van der Waals surface area contributed by atoms with Crippen LogP contribution in [0.2, 0.25) is 0 Å². The van der Waals surface area contributed by atoms with Gasteiger partial charge in [-0.05, 0) is 48.9 Å². The molecule has 1 unspecified atom stereocenters. The molecule has 1 fully saturated rings. The second-order valence-corrected chi connectivity index (χ2v) is 7.83. The van der Waals surface area contributed by atoms with Crippen LogP contribution < -0.4 is 27.3 Å². The molecule has 0 aromatic heterocycles. The Balaban J connectivity index is 1.73. The molecule has 1 aliphatic carbocycles. The molecule has 168 valence electrons. The highest BCUT2D eigenvalue weighted by Gasteiger charge is 2.28. The molecule has 8 heteroatoms. The number of nitrogens with zero attached hydrogens (tertiary/aromatic N) is 1. The minimum Gasteiger partial charge on any atom is -0.496 e. The predicted octanol–water partition coefficient (Wildman–Crippen LogP) is 1.94. The Hall–Kier alpha value is -3.81. The Labute approximate surface area is 187 Å². The van der Waals surface area contributed by atoms with Crippen LogP contribution in [-0.2, 0) is 11.3 Å². The Morgan fingerprint density at radius 1 is 1.09 bits per heavy atom. The second kappa shape index (κ2) is 10.00. The van der Waals surface area contributed by atoms with Crippen LogP contribution in [0.3, 0.4) is 0 Å². The van der Waals surface area contributed by atoms with Crippen molar-refractivity contribution in [3.8, 4) is 5.75 Å². The fourth-order valence-corrected chi connectivity index (χ4v) is 3.42. The Morgan fingerprint density at radius 3 is 2.34 bits per heavy atom. The first-order valence-corrected chi connectivity index (χ1v) is 10.5. The quantitative estimate of drug-likeness (QED) is 0.270. The summed E-state index contributed by atoms with van der Waals surface area (Å²) in [7, 11) is 1.52. The number of para-hydroxylation sites is 1. The molecule has 0 radical (unpaired) electrons. The van der Waals surface area contributed by atoms with Crippen LogP contribution in [0.1, 0.15) is 41.3 Å². The van der Waals surface area contributed by atoms with Gasteiger partial charge in [-0.3, -0.25) is 14.6 Å². The van der Waals surface area contributed by atoms with Gasteiger partial charge in [0.2, 0.25) is 0 Å². The molecule has 1 saturated carbocycles. The molecule has 7 N–H and O–H groups in total. The zero-order valence-electron chi connectivity index (χ0n) is 18.3. The Bertz CT molecular complexity index is 1060. The molecule has 2 aromatic carbocycles. The van der Waals surface area contributed by atoms with E-state index in [4.69, 9.17) is 21.9 Å². The largest absolute Gasteiger partial charge is 0.496 e. The van der Waals surface area contributed by atoms with Crippen molar-refractivity contribution in [3.05, 3.63) is 70.8 Å². The van der Waals surface area contributed by atoms with Crippen molar-refractivity contribution in [1.29, 1.82) is 0 Å². The number of methoxy groups -OCH3 is 1. The number of nitrogens with one attached hydrogen (secondary N) is 1. The molecule has 8 nitrogen and oxygen atoms in total. The number of amidine groups is 1. The highest BCUT2D eigenvalue weighted by atomic mass is 16.5. The fraction of sp³-hybridized carbons (Fsp3) is 0.292. The maximum atomic E-state index is 12.5. The van der Waals surface area contributed by atoms with Crippen molar-refractivity contribution in [3.63, 3.8) is 0 Å². The maximum absolute atomic E-state index is 12.5. The van der Waals surface area contributed by atoms with Crippen molar-refractivity contribution in [1.82, 2.24) is 5.32 Å². The first-order valence-electron chi connectivity index (χ1n) is 10.5. The lowest BCUT2D eigenvalue weighted by atomic mass is 10.0. The number of carbonyl (C=O) groups is 2. The maximum Gasteiger partial charge on any atom is 0.255 e. The van der Waals surface area contributed by atoms with Gasteiger partial charge in [0.15, 0.2) is 0 Å². The van der Waals surface area contributed by atoms with Crippen LogP contribution >= 0.6 is 0 Å². The van der Waals surface area contributed by atoms with Crippen molar-refractivity contribution in [2.45, 2.75) is 32.4 Å². The molecule has 32 heavy (non-hydrogen) atoms. The highest BCUT2D eigenvalue weighted by molar-refractivity contribution is 6.24. The molecular formula is C24H29N5O3. The van der Waals surface area contributed by atoms with Crippen LogP contribution in [0.15, 0.2) is 59.1 Å². The SMILES string of the molecule is COc1ccccc1C(=O)NCc1ccc(C(N)=C(C(N)=O)C(N)=NC(C)C2CC2)cc1. The molecule has 0 saturated heterocycles. The summed E-state index contributed by atoms with van der Waals surface area (Å²) in [6.07, 6.45) is 2.22. The second-order valence-electron chi connectivity index (χ2n) is 7.83. The average molecular weight is 436 g/mol. The highest BCUT2D eigenvalue weighted by Crippen LogP contribution is 2.34. The molecular weight excluding hydrogens is 406 g/mol. The average Bonchev–Trinajstić information content (AvgIpc) is 3.63. The molecule has 2 aromatic rings. The zero-order chi connectivity index (χ0) is 23.3. The van der Waals surface area contributed by atoms with E-state index in [1.165, 1.54) is 7.11 Å². The van der Waals surface area contributed by atoms with Gasteiger partial charge in [-0.25, -0.2) is 0 Å². The summed E-state index contributed by atoms with van der Waals surface area (Å²) in [5.41, 5.74) is 19.9. The third-order valence-electron chi connectivity index (χ3n) is 5.49. The number of hydrogen-bond acceptors (Lipinski definition) is 5. The summed E-state index contributed by atoms with van der Waals surface area (Å²) >= 11 is 0. The van der Waals surface area contributed by atoms with E-state index in [-0.39, 0.29) is 29.1 Å². The van der Waals surface area contributed by atoms with E-state index < -0.39 is 5.91 Å². The fourth-order valence-electron chi connectivity index (χ4n) is 3.42. The molecule has 1 atom stereocenters. The number of primary amides is 1. The van der Waals surface area contributed by atoms with E-state index in [0.29, 0.717) is 29.3 Å².